The lowest BCUT2D eigenvalue weighted by molar-refractivity contribution is 0.0699. The van der Waals surface area contributed by atoms with E-state index in [1.54, 1.807) is 12.1 Å². The van der Waals surface area contributed by atoms with Gasteiger partial charge in [-0.15, -0.1) is 0 Å². The first-order valence-electron chi connectivity index (χ1n) is 5.94. The van der Waals surface area contributed by atoms with Crippen LogP contribution in [-0.4, -0.2) is 19.3 Å². The van der Waals surface area contributed by atoms with Crippen LogP contribution in [0.5, 0.6) is 0 Å². The maximum absolute atomic E-state index is 12.3. The van der Waals surface area contributed by atoms with Crippen LogP contribution in [0.2, 0.25) is 0 Å². The van der Waals surface area contributed by atoms with Crippen LogP contribution in [0.25, 0.3) is 0 Å². The van der Waals surface area contributed by atoms with Gasteiger partial charge in [0.25, 0.3) is 6.43 Å². The summed E-state index contributed by atoms with van der Waals surface area (Å²) in [7, 11) is 0. The van der Waals surface area contributed by atoms with Crippen molar-refractivity contribution >= 4 is 0 Å². The topological polar surface area (TPSA) is 21.3 Å². The summed E-state index contributed by atoms with van der Waals surface area (Å²) in [5.74, 6) is 0. The molecule has 1 atom stereocenters. The number of hydrogen-bond acceptors (Lipinski definition) is 2. The van der Waals surface area contributed by atoms with Gasteiger partial charge < -0.3 is 10.1 Å². The standard InChI is InChI=1S/C13H17F2NO/c14-13(15)11-5-3-10(4-6-11)8-16-12-2-1-7-17-9-12/h3-6,12-13,16H,1-2,7-9H2. The quantitative estimate of drug-likeness (QED) is 0.875. The molecule has 1 fully saturated rings. The summed E-state index contributed by atoms with van der Waals surface area (Å²) >= 11 is 0. The first kappa shape index (κ1) is 12.5. The van der Waals surface area contributed by atoms with Crippen LogP contribution in [0, 0.1) is 0 Å². The van der Waals surface area contributed by atoms with Crippen molar-refractivity contribution < 1.29 is 13.5 Å². The summed E-state index contributed by atoms with van der Waals surface area (Å²) in [5.41, 5.74) is 1.11. The highest BCUT2D eigenvalue weighted by Crippen LogP contribution is 2.18. The molecule has 0 radical (unpaired) electrons. The van der Waals surface area contributed by atoms with Crippen LogP contribution >= 0.6 is 0 Å². The van der Waals surface area contributed by atoms with Gasteiger partial charge in [-0.05, 0) is 18.4 Å². The summed E-state index contributed by atoms with van der Waals surface area (Å²) in [5, 5.41) is 3.37. The highest BCUT2D eigenvalue weighted by Gasteiger charge is 2.13. The van der Waals surface area contributed by atoms with Gasteiger partial charge in [-0.25, -0.2) is 8.78 Å². The van der Waals surface area contributed by atoms with Crippen LogP contribution in [0.3, 0.4) is 0 Å². The molecule has 1 aliphatic rings. The van der Waals surface area contributed by atoms with E-state index in [1.165, 1.54) is 12.1 Å². The van der Waals surface area contributed by atoms with Crippen molar-refractivity contribution in [1.82, 2.24) is 5.32 Å². The zero-order chi connectivity index (χ0) is 12.1. The van der Waals surface area contributed by atoms with Crippen molar-refractivity contribution in [3.8, 4) is 0 Å². The molecule has 1 aliphatic heterocycles. The number of benzene rings is 1. The molecule has 0 amide bonds. The summed E-state index contributed by atoms with van der Waals surface area (Å²) in [6.45, 7) is 2.30. The van der Waals surface area contributed by atoms with Gasteiger partial charge in [-0.1, -0.05) is 24.3 Å². The maximum atomic E-state index is 12.3. The van der Waals surface area contributed by atoms with Gasteiger partial charge in [0, 0.05) is 24.8 Å². The van der Waals surface area contributed by atoms with Gasteiger partial charge in [0.05, 0.1) is 6.61 Å². The second kappa shape index (κ2) is 6.07. The molecule has 1 saturated heterocycles. The molecule has 0 bridgehead atoms. The Morgan fingerprint density at radius 3 is 2.65 bits per heavy atom. The molecule has 0 aliphatic carbocycles. The lowest BCUT2D eigenvalue weighted by Gasteiger charge is -2.23. The fraction of sp³-hybridized carbons (Fsp3) is 0.538. The largest absolute Gasteiger partial charge is 0.380 e. The van der Waals surface area contributed by atoms with Gasteiger partial charge in [0.2, 0.25) is 0 Å². The number of halogens is 2. The number of nitrogens with one attached hydrogen (secondary N) is 1. The average molecular weight is 241 g/mol. The molecule has 2 rings (SSSR count). The minimum Gasteiger partial charge on any atom is -0.380 e. The Bertz CT molecular complexity index is 334. The van der Waals surface area contributed by atoms with Crippen LogP contribution in [0.1, 0.15) is 30.4 Å². The minimum atomic E-state index is -2.39. The lowest BCUT2D eigenvalue weighted by atomic mass is 10.1. The van der Waals surface area contributed by atoms with E-state index in [-0.39, 0.29) is 5.56 Å². The third-order valence-corrected chi connectivity index (χ3v) is 2.99. The van der Waals surface area contributed by atoms with Crippen molar-refractivity contribution in [2.45, 2.75) is 31.9 Å². The molecular weight excluding hydrogens is 224 g/mol. The van der Waals surface area contributed by atoms with E-state index in [2.05, 4.69) is 5.32 Å². The fourth-order valence-corrected chi connectivity index (χ4v) is 1.94. The molecule has 4 heteroatoms. The maximum Gasteiger partial charge on any atom is 0.263 e. The molecule has 1 unspecified atom stereocenters. The van der Waals surface area contributed by atoms with E-state index >= 15 is 0 Å². The average Bonchev–Trinajstić information content (AvgIpc) is 2.38. The van der Waals surface area contributed by atoms with E-state index in [9.17, 15) is 8.78 Å². The van der Waals surface area contributed by atoms with Crippen LogP contribution < -0.4 is 5.32 Å². The van der Waals surface area contributed by atoms with Gasteiger partial charge in [-0.3, -0.25) is 0 Å². The van der Waals surface area contributed by atoms with Crippen LogP contribution in [0.4, 0.5) is 8.78 Å². The Labute approximate surface area is 100.0 Å². The van der Waals surface area contributed by atoms with Crippen LogP contribution in [-0.2, 0) is 11.3 Å². The summed E-state index contributed by atoms with van der Waals surface area (Å²) in [4.78, 5) is 0. The summed E-state index contributed by atoms with van der Waals surface area (Å²) in [6.07, 6.45) is -0.180. The molecule has 0 saturated carbocycles. The predicted molar refractivity (Wildman–Crippen MR) is 62.1 cm³/mol. The van der Waals surface area contributed by atoms with Gasteiger partial charge >= 0.3 is 0 Å². The van der Waals surface area contributed by atoms with Crippen molar-refractivity contribution in [2.75, 3.05) is 13.2 Å². The molecule has 1 N–H and O–H groups in total. The number of rotatable bonds is 4. The molecule has 17 heavy (non-hydrogen) atoms. The van der Waals surface area contributed by atoms with Gasteiger partial charge in [-0.2, -0.15) is 0 Å². The number of ether oxygens (including phenoxy) is 1. The van der Waals surface area contributed by atoms with Crippen molar-refractivity contribution in [1.29, 1.82) is 0 Å². The van der Waals surface area contributed by atoms with Crippen LogP contribution in [0.15, 0.2) is 24.3 Å². The SMILES string of the molecule is FC(F)c1ccc(CNC2CCCOC2)cc1. The summed E-state index contributed by atoms with van der Waals surface area (Å²) in [6, 6.07) is 6.85. The highest BCUT2D eigenvalue weighted by atomic mass is 19.3. The van der Waals surface area contributed by atoms with E-state index in [4.69, 9.17) is 4.74 Å². The Balaban J connectivity index is 1.82. The molecule has 94 valence electrons. The van der Waals surface area contributed by atoms with E-state index in [0.29, 0.717) is 12.6 Å². The molecule has 1 heterocycles. The lowest BCUT2D eigenvalue weighted by Crippen LogP contribution is -2.36. The zero-order valence-electron chi connectivity index (χ0n) is 9.66. The van der Waals surface area contributed by atoms with E-state index < -0.39 is 6.43 Å². The number of hydrogen-bond donors (Lipinski definition) is 1. The fourth-order valence-electron chi connectivity index (χ4n) is 1.94. The first-order valence-corrected chi connectivity index (χ1v) is 5.94. The van der Waals surface area contributed by atoms with Crippen molar-refractivity contribution in [3.63, 3.8) is 0 Å². The Morgan fingerprint density at radius 2 is 2.06 bits per heavy atom. The molecule has 1 aromatic rings. The molecular formula is C13H17F2NO. The smallest absolute Gasteiger partial charge is 0.263 e. The van der Waals surface area contributed by atoms with Crippen molar-refractivity contribution in [3.05, 3.63) is 35.4 Å². The molecule has 0 spiro atoms. The Morgan fingerprint density at radius 1 is 1.29 bits per heavy atom. The third-order valence-electron chi connectivity index (χ3n) is 2.99. The molecule has 1 aromatic carbocycles. The minimum absolute atomic E-state index is 0.0785. The number of alkyl halides is 2. The molecule has 2 nitrogen and oxygen atoms in total. The van der Waals surface area contributed by atoms with E-state index in [0.717, 1.165) is 31.6 Å². The van der Waals surface area contributed by atoms with E-state index in [1.807, 2.05) is 0 Å². The normalized spacial score (nSPS) is 20.8. The second-order valence-electron chi connectivity index (χ2n) is 4.34. The van der Waals surface area contributed by atoms with Crippen molar-refractivity contribution in [2.24, 2.45) is 0 Å². The first-order chi connectivity index (χ1) is 8.25. The molecule has 0 aromatic heterocycles. The Hall–Kier alpha value is -1.00. The van der Waals surface area contributed by atoms with Gasteiger partial charge in [0.15, 0.2) is 0 Å². The zero-order valence-corrected chi connectivity index (χ0v) is 9.66. The van der Waals surface area contributed by atoms with Gasteiger partial charge in [0.1, 0.15) is 0 Å². The third kappa shape index (κ3) is 3.75. The predicted octanol–water partition coefficient (Wildman–Crippen LogP) is 2.89. The monoisotopic (exact) mass is 241 g/mol. The summed E-state index contributed by atoms with van der Waals surface area (Å²) < 4.78 is 30.0. The second-order valence-corrected chi connectivity index (χ2v) is 4.34. The highest BCUT2D eigenvalue weighted by molar-refractivity contribution is 5.23. The Kier molecular flexibility index (Phi) is 4.45.